The minimum atomic E-state index is 0.126. The summed E-state index contributed by atoms with van der Waals surface area (Å²) in [5.74, 6) is 0.757. The maximum atomic E-state index is 11.3. The van der Waals surface area contributed by atoms with Gasteiger partial charge in [-0.25, -0.2) is 9.97 Å². The van der Waals surface area contributed by atoms with Crippen LogP contribution < -0.4 is 4.74 Å². The lowest BCUT2D eigenvalue weighted by Crippen LogP contribution is -1.90. The van der Waals surface area contributed by atoms with E-state index in [1.807, 2.05) is 66.7 Å². The molecule has 3 N–H and O–H groups in total. The Labute approximate surface area is 294 Å². The van der Waals surface area contributed by atoms with E-state index < -0.39 is 0 Å². The number of aromatic amines is 2. The molecule has 0 amide bonds. The van der Waals surface area contributed by atoms with Gasteiger partial charge in [-0.15, -0.1) is 0 Å². The van der Waals surface area contributed by atoms with E-state index in [1.54, 1.807) is 19.2 Å². The van der Waals surface area contributed by atoms with Crippen LogP contribution in [0.5, 0.6) is 11.5 Å². The second kappa shape index (κ2) is 12.5. The lowest BCUT2D eigenvalue weighted by molar-refractivity contribution is 0.412. The molecule has 0 atom stereocenters. The number of phenols is 1. The maximum Gasteiger partial charge on any atom is 0.123 e. The fraction of sp³-hybridized carbons (Fsp3) is 0.0222. The van der Waals surface area contributed by atoms with Crippen LogP contribution in [0.1, 0.15) is 22.8 Å². The fourth-order valence-corrected chi connectivity index (χ4v) is 7.06. The van der Waals surface area contributed by atoms with Gasteiger partial charge in [-0.2, -0.15) is 0 Å². The first kappa shape index (κ1) is 30.2. The molecule has 5 heterocycles. The molecule has 51 heavy (non-hydrogen) atoms. The molecule has 0 fully saturated rings. The Hall–Kier alpha value is -6.92. The summed E-state index contributed by atoms with van der Waals surface area (Å²) >= 11 is 0. The monoisotopic (exact) mass is 660 g/mol. The van der Waals surface area contributed by atoms with Gasteiger partial charge in [0.15, 0.2) is 0 Å². The predicted molar refractivity (Wildman–Crippen MR) is 209 cm³/mol. The number of fused-ring (bicyclic) bond motifs is 8. The minimum absolute atomic E-state index is 0.126. The van der Waals surface area contributed by atoms with Crippen LogP contribution in [-0.2, 0) is 0 Å². The van der Waals surface area contributed by atoms with E-state index in [1.165, 1.54) is 0 Å². The summed E-state index contributed by atoms with van der Waals surface area (Å²) in [5.41, 5.74) is 14.2. The number of benzene rings is 4. The zero-order chi connectivity index (χ0) is 34.3. The zero-order valence-electron chi connectivity index (χ0n) is 27.8. The number of phenolic OH excluding ortho intramolecular Hbond substituents is 1. The second-order valence-electron chi connectivity index (χ2n) is 12.5. The molecule has 3 aromatic heterocycles. The summed E-state index contributed by atoms with van der Waals surface area (Å²) in [5, 5.41) is 11.3. The van der Waals surface area contributed by atoms with E-state index in [2.05, 4.69) is 88.9 Å². The number of nitrogens with one attached hydrogen (secondary N) is 2. The van der Waals surface area contributed by atoms with Crippen LogP contribution in [0.4, 0.5) is 0 Å². The van der Waals surface area contributed by atoms with Crippen LogP contribution in [-0.4, -0.2) is 32.2 Å². The Morgan fingerprint density at radius 2 is 0.824 bits per heavy atom. The van der Waals surface area contributed by atoms with Crippen LogP contribution >= 0.6 is 0 Å². The fourth-order valence-electron chi connectivity index (χ4n) is 7.06. The quantitative estimate of drug-likeness (QED) is 0.171. The van der Waals surface area contributed by atoms with Crippen molar-refractivity contribution in [1.82, 2.24) is 19.9 Å². The summed E-state index contributed by atoms with van der Waals surface area (Å²) in [6.07, 6.45) is 8.25. The van der Waals surface area contributed by atoms with Crippen molar-refractivity contribution in [3.05, 3.63) is 156 Å². The Balaban J connectivity index is 1.49. The largest absolute Gasteiger partial charge is 0.507 e. The van der Waals surface area contributed by atoms with Crippen molar-refractivity contribution in [3.63, 3.8) is 0 Å². The van der Waals surface area contributed by atoms with Gasteiger partial charge in [0, 0.05) is 49.9 Å². The molecule has 2 aliphatic rings. The molecule has 244 valence electrons. The first-order valence-corrected chi connectivity index (χ1v) is 16.8. The average Bonchev–Trinajstić information content (AvgIpc) is 4.01. The SMILES string of the molecule is COc1ccc(O)c(-c2c3nc(c(-c4ccccc4)c4ccc([nH]4)c(-c4ccccc4)c4nc(c(-c5ccccc5)c5ccc2[nH]5)C=C4)C=C3)c1. The molecule has 9 rings (SSSR count). The van der Waals surface area contributed by atoms with Crippen molar-refractivity contribution < 1.29 is 9.84 Å². The van der Waals surface area contributed by atoms with Crippen molar-refractivity contribution in [2.45, 2.75) is 0 Å². The van der Waals surface area contributed by atoms with Crippen molar-refractivity contribution in [2.75, 3.05) is 7.11 Å². The number of aromatic nitrogens is 4. The lowest BCUT2D eigenvalue weighted by atomic mass is 10.0. The number of nitrogens with zero attached hydrogens (tertiary/aromatic N) is 2. The summed E-state index contributed by atoms with van der Waals surface area (Å²) in [7, 11) is 1.63. The minimum Gasteiger partial charge on any atom is -0.507 e. The molecule has 0 unspecified atom stereocenters. The van der Waals surface area contributed by atoms with Crippen molar-refractivity contribution in [2.24, 2.45) is 0 Å². The van der Waals surface area contributed by atoms with Gasteiger partial charge in [0.05, 0.1) is 29.9 Å². The Morgan fingerprint density at radius 1 is 0.451 bits per heavy atom. The first-order valence-electron chi connectivity index (χ1n) is 16.8. The molecule has 4 aromatic carbocycles. The maximum absolute atomic E-state index is 11.3. The molecule has 0 aliphatic carbocycles. The van der Waals surface area contributed by atoms with Crippen LogP contribution in [0.15, 0.2) is 133 Å². The predicted octanol–water partition coefficient (Wildman–Crippen LogP) is 11.0. The summed E-state index contributed by atoms with van der Waals surface area (Å²) in [4.78, 5) is 18.1. The van der Waals surface area contributed by atoms with Gasteiger partial charge < -0.3 is 19.8 Å². The van der Waals surface area contributed by atoms with Crippen LogP contribution in [0.2, 0.25) is 0 Å². The number of aromatic hydroxyl groups is 1. The second-order valence-corrected chi connectivity index (χ2v) is 12.5. The zero-order valence-corrected chi connectivity index (χ0v) is 27.8. The molecule has 0 saturated carbocycles. The highest BCUT2D eigenvalue weighted by molar-refractivity contribution is 6.00. The van der Waals surface area contributed by atoms with Crippen molar-refractivity contribution >= 4 is 46.4 Å². The number of hydrogen-bond donors (Lipinski definition) is 3. The highest BCUT2D eigenvalue weighted by Crippen LogP contribution is 2.41. The molecule has 6 heteroatoms. The standard InChI is InChI=1S/C45H32N4O2/c1-51-31-17-26-41(50)32(27-31)45-39-24-22-37(48-39)43(29-13-7-3-8-14-29)35-20-18-33(46-35)42(28-11-5-2-6-12-28)34-19-21-36(47-34)44(30-15-9-4-10-16-30)38-23-25-40(45)49-38/h2-27,46,49-50H,1H3. The average molecular weight is 661 g/mol. The van der Waals surface area contributed by atoms with Crippen LogP contribution in [0.25, 0.3) is 90.9 Å². The number of methoxy groups -OCH3 is 1. The lowest BCUT2D eigenvalue weighted by Gasteiger charge is -2.09. The first-order chi connectivity index (χ1) is 25.1. The van der Waals surface area contributed by atoms with Gasteiger partial charge in [0.25, 0.3) is 0 Å². The van der Waals surface area contributed by atoms with E-state index >= 15 is 0 Å². The molecular weight excluding hydrogens is 629 g/mol. The van der Waals surface area contributed by atoms with Crippen LogP contribution in [0.3, 0.4) is 0 Å². The molecule has 8 bridgehead atoms. The molecule has 7 aromatic rings. The third kappa shape index (κ3) is 5.40. The van der Waals surface area contributed by atoms with Gasteiger partial charge >= 0.3 is 0 Å². The van der Waals surface area contributed by atoms with Gasteiger partial charge in [-0.1, -0.05) is 91.0 Å². The van der Waals surface area contributed by atoms with E-state index in [0.29, 0.717) is 17.0 Å². The molecule has 0 saturated heterocycles. The molecule has 0 radical (unpaired) electrons. The van der Waals surface area contributed by atoms with E-state index in [-0.39, 0.29) is 5.75 Å². The highest BCUT2D eigenvalue weighted by Gasteiger charge is 2.20. The van der Waals surface area contributed by atoms with Gasteiger partial charge in [-0.3, -0.25) is 0 Å². The molecule has 6 nitrogen and oxygen atoms in total. The van der Waals surface area contributed by atoms with Crippen molar-refractivity contribution in [3.8, 4) is 56.0 Å². The highest BCUT2D eigenvalue weighted by atomic mass is 16.5. The van der Waals surface area contributed by atoms with E-state index in [4.69, 9.17) is 14.7 Å². The molecular formula is C45H32N4O2. The van der Waals surface area contributed by atoms with Gasteiger partial charge in [-0.05, 0) is 83.5 Å². The summed E-state index contributed by atoms with van der Waals surface area (Å²) in [6.45, 7) is 0. The normalized spacial score (nSPS) is 11.9. The Kier molecular flexibility index (Phi) is 7.40. The Bertz CT molecular complexity index is 2630. The summed E-state index contributed by atoms with van der Waals surface area (Å²) < 4.78 is 5.61. The Morgan fingerprint density at radius 3 is 1.22 bits per heavy atom. The van der Waals surface area contributed by atoms with Gasteiger partial charge in [0.1, 0.15) is 11.5 Å². The summed E-state index contributed by atoms with van der Waals surface area (Å²) in [6, 6.07) is 44.6. The number of rotatable bonds is 5. The number of ether oxygens (including phenoxy) is 1. The van der Waals surface area contributed by atoms with E-state index in [9.17, 15) is 5.11 Å². The number of hydrogen-bond acceptors (Lipinski definition) is 4. The van der Waals surface area contributed by atoms with E-state index in [0.717, 1.165) is 78.1 Å². The molecule has 0 spiro atoms. The smallest absolute Gasteiger partial charge is 0.123 e. The van der Waals surface area contributed by atoms with Crippen molar-refractivity contribution in [1.29, 1.82) is 0 Å². The third-order valence-corrected chi connectivity index (χ3v) is 9.41. The molecule has 2 aliphatic heterocycles. The number of H-pyrrole nitrogens is 2. The van der Waals surface area contributed by atoms with Crippen LogP contribution in [0, 0.1) is 0 Å². The topological polar surface area (TPSA) is 86.8 Å². The van der Waals surface area contributed by atoms with Gasteiger partial charge in [0.2, 0.25) is 0 Å². The third-order valence-electron chi connectivity index (χ3n) is 9.41.